The van der Waals surface area contributed by atoms with Gasteiger partial charge in [0, 0.05) is 26.2 Å². The molecule has 1 aliphatic heterocycles. The van der Waals surface area contributed by atoms with Crippen molar-refractivity contribution in [1.82, 2.24) is 8.61 Å². The Morgan fingerprint density at radius 2 is 1.25 bits per heavy atom. The molecule has 0 aromatic heterocycles. The van der Waals surface area contributed by atoms with Gasteiger partial charge < -0.3 is 0 Å². The van der Waals surface area contributed by atoms with Gasteiger partial charge in [-0.3, -0.25) is 0 Å². The summed E-state index contributed by atoms with van der Waals surface area (Å²) in [5.74, 6) is 0. The van der Waals surface area contributed by atoms with Crippen LogP contribution in [0.25, 0.3) is 0 Å². The first-order chi connectivity index (χ1) is 11.0. The van der Waals surface area contributed by atoms with Crippen molar-refractivity contribution in [1.29, 1.82) is 0 Å². The van der Waals surface area contributed by atoms with Crippen LogP contribution in [0.1, 0.15) is 28.7 Å². The average molecular weight is 375 g/mol. The zero-order valence-electron chi connectivity index (χ0n) is 15.0. The maximum Gasteiger partial charge on any atom is 0.243 e. The van der Waals surface area contributed by atoms with Crippen molar-refractivity contribution in [2.24, 2.45) is 0 Å². The fraction of sp³-hybridized carbons (Fsp3) is 0.625. The Kier molecular flexibility index (Phi) is 5.44. The van der Waals surface area contributed by atoms with E-state index in [0.717, 1.165) is 28.5 Å². The van der Waals surface area contributed by atoms with Gasteiger partial charge in [-0.25, -0.2) is 21.1 Å². The minimum atomic E-state index is -3.65. The molecular weight excluding hydrogens is 348 g/mol. The fourth-order valence-corrected chi connectivity index (χ4v) is 6.06. The van der Waals surface area contributed by atoms with E-state index in [-0.39, 0.29) is 13.1 Å². The van der Waals surface area contributed by atoms with E-state index < -0.39 is 20.0 Å². The first kappa shape index (κ1) is 19.4. The predicted octanol–water partition coefficient (Wildman–Crippen LogP) is 1.58. The quantitative estimate of drug-likeness (QED) is 0.805. The molecule has 8 heteroatoms. The maximum atomic E-state index is 13.2. The smallest absolute Gasteiger partial charge is 0.213 e. The summed E-state index contributed by atoms with van der Waals surface area (Å²) in [6.07, 6.45) is 1.66. The molecule has 0 aliphatic carbocycles. The molecule has 0 unspecified atom stereocenters. The molecule has 136 valence electrons. The topological polar surface area (TPSA) is 74.8 Å². The first-order valence-electron chi connectivity index (χ1n) is 7.99. The van der Waals surface area contributed by atoms with Crippen LogP contribution in [0.2, 0.25) is 0 Å². The number of aryl methyl sites for hydroxylation is 2. The van der Waals surface area contributed by atoms with Gasteiger partial charge in [-0.05, 0) is 56.4 Å². The molecule has 24 heavy (non-hydrogen) atoms. The zero-order chi connectivity index (χ0) is 18.3. The van der Waals surface area contributed by atoms with Crippen molar-refractivity contribution in [2.45, 2.75) is 39.0 Å². The number of rotatable bonds is 3. The molecule has 1 aromatic carbocycles. The van der Waals surface area contributed by atoms with E-state index >= 15 is 0 Å². The average Bonchev–Trinajstić information content (AvgIpc) is 2.71. The van der Waals surface area contributed by atoms with Crippen LogP contribution in [-0.2, 0) is 20.0 Å². The molecule has 0 atom stereocenters. The molecule has 0 spiro atoms. The second-order valence-corrected chi connectivity index (χ2v) is 10.4. The number of hydrogen-bond donors (Lipinski definition) is 0. The van der Waals surface area contributed by atoms with Gasteiger partial charge in [-0.2, -0.15) is 4.31 Å². The summed E-state index contributed by atoms with van der Waals surface area (Å²) >= 11 is 0. The second kappa shape index (κ2) is 6.74. The van der Waals surface area contributed by atoms with Gasteiger partial charge in [0.15, 0.2) is 0 Å². The van der Waals surface area contributed by atoms with Crippen LogP contribution in [-0.4, -0.2) is 57.9 Å². The van der Waals surface area contributed by atoms with Crippen LogP contribution in [0, 0.1) is 27.7 Å². The molecule has 1 aromatic rings. The van der Waals surface area contributed by atoms with Crippen LogP contribution < -0.4 is 0 Å². The number of sulfonamides is 2. The minimum absolute atomic E-state index is 0.182. The number of nitrogens with zero attached hydrogens (tertiary/aromatic N) is 2. The summed E-state index contributed by atoms with van der Waals surface area (Å²) in [5, 5.41) is 0. The van der Waals surface area contributed by atoms with Crippen LogP contribution in [0.5, 0.6) is 0 Å². The summed E-state index contributed by atoms with van der Waals surface area (Å²) < 4.78 is 52.6. The summed E-state index contributed by atoms with van der Waals surface area (Å²) in [5.41, 5.74) is 3.43. The van der Waals surface area contributed by atoms with Gasteiger partial charge in [0.2, 0.25) is 20.0 Å². The summed E-state index contributed by atoms with van der Waals surface area (Å²) in [4.78, 5) is 0.368. The lowest BCUT2D eigenvalue weighted by Crippen LogP contribution is -2.37. The Morgan fingerprint density at radius 1 is 0.792 bits per heavy atom. The highest BCUT2D eigenvalue weighted by atomic mass is 32.2. The molecule has 0 saturated carbocycles. The van der Waals surface area contributed by atoms with Gasteiger partial charge >= 0.3 is 0 Å². The molecule has 6 nitrogen and oxygen atoms in total. The molecule has 0 radical (unpaired) electrons. The molecule has 1 heterocycles. The highest BCUT2D eigenvalue weighted by molar-refractivity contribution is 7.89. The van der Waals surface area contributed by atoms with Crippen molar-refractivity contribution in [3.63, 3.8) is 0 Å². The van der Waals surface area contributed by atoms with Crippen molar-refractivity contribution >= 4 is 20.0 Å². The van der Waals surface area contributed by atoms with Crippen LogP contribution in [0.3, 0.4) is 0 Å². The Morgan fingerprint density at radius 3 is 1.75 bits per heavy atom. The van der Waals surface area contributed by atoms with Gasteiger partial charge in [0.1, 0.15) is 0 Å². The second-order valence-electron chi connectivity index (χ2n) is 6.51. The maximum absolute atomic E-state index is 13.2. The molecule has 0 amide bonds. The molecular formula is C16H26N2O4S2. The molecule has 0 N–H and O–H groups in total. The Balaban J connectivity index is 2.42. The van der Waals surface area contributed by atoms with E-state index in [1.54, 1.807) is 0 Å². The lowest BCUT2D eigenvalue weighted by Gasteiger charge is -2.24. The van der Waals surface area contributed by atoms with E-state index in [2.05, 4.69) is 0 Å². The summed E-state index contributed by atoms with van der Waals surface area (Å²) in [6.45, 7) is 8.55. The highest BCUT2D eigenvalue weighted by Crippen LogP contribution is 2.29. The van der Waals surface area contributed by atoms with Gasteiger partial charge in [0.25, 0.3) is 0 Å². The lowest BCUT2D eigenvalue weighted by molar-refractivity contribution is 0.406. The molecule has 2 rings (SSSR count). The summed E-state index contributed by atoms with van der Waals surface area (Å²) in [7, 11) is -6.95. The van der Waals surface area contributed by atoms with Crippen molar-refractivity contribution in [2.75, 3.05) is 32.4 Å². The fourth-order valence-electron chi connectivity index (χ4n) is 3.14. The molecule has 1 aliphatic rings. The van der Waals surface area contributed by atoms with Crippen LogP contribution >= 0.6 is 0 Å². The largest absolute Gasteiger partial charge is 0.243 e. The van der Waals surface area contributed by atoms with Crippen molar-refractivity contribution in [3.05, 3.63) is 28.3 Å². The Hall–Kier alpha value is -0.960. The number of hydrogen-bond acceptors (Lipinski definition) is 4. The third kappa shape index (κ3) is 3.66. The molecule has 1 saturated heterocycles. The molecule has 0 bridgehead atoms. The van der Waals surface area contributed by atoms with Gasteiger partial charge in [-0.15, -0.1) is 0 Å². The third-order valence-corrected chi connectivity index (χ3v) is 8.25. The SMILES string of the molecule is Cc1cc(C)c(C)c(S(=O)(=O)N2CCCN(S(C)(=O)=O)CC2)c1C. The van der Waals surface area contributed by atoms with Crippen molar-refractivity contribution in [3.8, 4) is 0 Å². The van der Waals surface area contributed by atoms with Crippen molar-refractivity contribution < 1.29 is 16.8 Å². The molecule has 1 fully saturated rings. The van der Waals surface area contributed by atoms with E-state index in [1.807, 2.05) is 33.8 Å². The minimum Gasteiger partial charge on any atom is -0.213 e. The standard InChI is InChI=1S/C16H26N2O4S2/c1-12-11-13(2)15(4)16(14(12)3)24(21,22)18-8-6-7-17(9-10-18)23(5,19)20/h11H,6-10H2,1-5H3. The predicted molar refractivity (Wildman–Crippen MR) is 95.2 cm³/mol. The Bertz CT molecular complexity index is 819. The van der Waals surface area contributed by atoms with E-state index in [1.165, 1.54) is 8.61 Å². The van der Waals surface area contributed by atoms with E-state index in [0.29, 0.717) is 24.4 Å². The van der Waals surface area contributed by atoms with Crippen LogP contribution in [0.15, 0.2) is 11.0 Å². The van der Waals surface area contributed by atoms with E-state index in [9.17, 15) is 16.8 Å². The number of benzene rings is 1. The monoisotopic (exact) mass is 374 g/mol. The third-order valence-electron chi connectivity index (χ3n) is 4.78. The summed E-state index contributed by atoms with van der Waals surface area (Å²) in [6, 6.07) is 2.00. The van der Waals surface area contributed by atoms with Gasteiger partial charge in [0.05, 0.1) is 11.2 Å². The lowest BCUT2D eigenvalue weighted by atomic mass is 10.0. The normalized spacial score (nSPS) is 18.5. The van der Waals surface area contributed by atoms with E-state index in [4.69, 9.17) is 0 Å². The van der Waals surface area contributed by atoms with Crippen LogP contribution in [0.4, 0.5) is 0 Å². The zero-order valence-corrected chi connectivity index (χ0v) is 16.6. The van der Waals surface area contributed by atoms with Gasteiger partial charge in [-0.1, -0.05) is 6.07 Å². The first-order valence-corrected chi connectivity index (χ1v) is 11.3. The highest BCUT2D eigenvalue weighted by Gasteiger charge is 2.32. The Labute approximate surface area is 145 Å².